The van der Waals surface area contributed by atoms with Crippen molar-refractivity contribution in [3.63, 3.8) is 0 Å². The topological polar surface area (TPSA) is 76.7 Å². The number of carbonyl (C=O) groups excluding carboxylic acids is 1. The van der Waals surface area contributed by atoms with E-state index in [0.29, 0.717) is 16.5 Å². The lowest BCUT2D eigenvalue weighted by atomic mass is 9.88. The van der Waals surface area contributed by atoms with Gasteiger partial charge in [-0.1, -0.05) is 37.3 Å². The number of nitrogens with zero attached hydrogens (tertiary/aromatic N) is 2. The van der Waals surface area contributed by atoms with E-state index < -0.39 is 5.91 Å². The monoisotopic (exact) mass is 347 g/mol. The Morgan fingerprint density at radius 3 is 2.76 bits per heavy atom. The predicted molar refractivity (Wildman–Crippen MR) is 98.9 cm³/mol. The van der Waals surface area contributed by atoms with Gasteiger partial charge in [-0.2, -0.15) is 10.5 Å². The van der Waals surface area contributed by atoms with E-state index in [-0.39, 0.29) is 5.57 Å². The largest absolute Gasteiger partial charge is 0.312 e. The summed E-state index contributed by atoms with van der Waals surface area (Å²) >= 11 is 1.46. The Kier molecular flexibility index (Phi) is 4.97. The van der Waals surface area contributed by atoms with Crippen LogP contribution in [0.1, 0.15) is 34.9 Å². The number of benzene rings is 1. The summed E-state index contributed by atoms with van der Waals surface area (Å²) in [6, 6.07) is 13.4. The van der Waals surface area contributed by atoms with Gasteiger partial charge in [0.25, 0.3) is 5.91 Å². The Balaban J connectivity index is 1.87. The second-order valence-electron chi connectivity index (χ2n) is 6.20. The molecule has 1 aliphatic carbocycles. The smallest absolute Gasteiger partial charge is 0.266 e. The van der Waals surface area contributed by atoms with Crippen molar-refractivity contribution >= 4 is 28.3 Å². The number of rotatable bonds is 3. The SMILES string of the molecule is CC1CCc2c(sc(NC(=O)C(C#N)=Cc3ccccc3)c2C#N)C1. The quantitative estimate of drug-likeness (QED) is 0.664. The standard InChI is InChI=1S/C20H17N3OS/c1-13-7-8-16-17(12-22)20(25-18(16)9-13)23-19(24)15(11-21)10-14-5-3-2-4-6-14/h2-6,10,13H,7-9H2,1H3,(H,23,24). The van der Waals surface area contributed by atoms with E-state index in [1.807, 2.05) is 36.4 Å². The number of hydrogen-bond acceptors (Lipinski definition) is 4. The lowest BCUT2D eigenvalue weighted by Crippen LogP contribution is -2.13. The summed E-state index contributed by atoms with van der Waals surface area (Å²) in [5.41, 5.74) is 2.42. The van der Waals surface area contributed by atoms with Crippen LogP contribution in [0.25, 0.3) is 6.08 Å². The van der Waals surface area contributed by atoms with Crippen molar-refractivity contribution in [3.05, 3.63) is 57.5 Å². The van der Waals surface area contributed by atoms with Crippen LogP contribution in [0.3, 0.4) is 0 Å². The van der Waals surface area contributed by atoms with Gasteiger partial charge in [0.15, 0.2) is 0 Å². The maximum absolute atomic E-state index is 12.5. The minimum atomic E-state index is -0.477. The number of hydrogen-bond donors (Lipinski definition) is 1. The van der Waals surface area contributed by atoms with Gasteiger partial charge in [0, 0.05) is 4.88 Å². The van der Waals surface area contributed by atoms with E-state index in [0.717, 1.165) is 30.4 Å². The van der Waals surface area contributed by atoms with E-state index in [1.165, 1.54) is 16.2 Å². The van der Waals surface area contributed by atoms with Gasteiger partial charge in [-0.3, -0.25) is 4.79 Å². The van der Waals surface area contributed by atoms with Crippen molar-refractivity contribution in [2.75, 3.05) is 5.32 Å². The molecule has 25 heavy (non-hydrogen) atoms. The summed E-state index contributed by atoms with van der Waals surface area (Å²) in [4.78, 5) is 13.7. The number of amides is 1. The summed E-state index contributed by atoms with van der Waals surface area (Å²) in [7, 11) is 0. The zero-order valence-electron chi connectivity index (χ0n) is 13.9. The molecule has 1 amide bonds. The Morgan fingerprint density at radius 1 is 1.32 bits per heavy atom. The Bertz CT molecular complexity index is 913. The van der Waals surface area contributed by atoms with Crippen LogP contribution in [0.5, 0.6) is 0 Å². The average molecular weight is 347 g/mol. The molecule has 0 fully saturated rings. The third-order valence-corrected chi connectivity index (χ3v) is 5.50. The fourth-order valence-corrected chi connectivity index (χ4v) is 4.35. The maximum Gasteiger partial charge on any atom is 0.266 e. The van der Waals surface area contributed by atoms with Crippen molar-refractivity contribution < 1.29 is 4.79 Å². The molecule has 0 bridgehead atoms. The molecule has 0 radical (unpaired) electrons. The number of nitrogens with one attached hydrogen (secondary N) is 1. The minimum Gasteiger partial charge on any atom is -0.312 e. The van der Waals surface area contributed by atoms with E-state index >= 15 is 0 Å². The maximum atomic E-state index is 12.5. The number of nitriles is 2. The van der Waals surface area contributed by atoms with Crippen LogP contribution in [-0.2, 0) is 17.6 Å². The lowest BCUT2D eigenvalue weighted by Gasteiger charge is -2.17. The third-order valence-electron chi connectivity index (χ3n) is 4.33. The number of anilines is 1. The molecule has 1 atom stereocenters. The second-order valence-corrected chi connectivity index (χ2v) is 7.31. The van der Waals surface area contributed by atoms with Gasteiger partial charge in [0.05, 0.1) is 5.56 Å². The first-order chi connectivity index (χ1) is 12.1. The highest BCUT2D eigenvalue weighted by Crippen LogP contribution is 2.39. The van der Waals surface area contributed by atoms with Gasteiger partial charge >= 0.3 is 0 Å². The first-order valence-electron chi connectivity index (χ1n) is 8.15. The van der Waals surface area contributed by atoms with Gasteiger partial charge in [0.2, 0.25) is 0 Å². The van der Waals surface area contributed by atoms with Crippen molar-refractivity contribution in [2.45, 2.75) is 26.2 Å². The molecule has 1 heterocycles. The van der Waals surface area contributed by atoms with Crippen LogP contribution in [0.2, 0.25) is 0 Å². The molecule has 1 N–H and O–H groups in total. The van der Waals surface area contributed by atoms with Crippen LogP contribution >= 0.6 is 11.3 Å². The van der Waals surface area contributed by atoms with Gasteiger partial charge in [0.1, 0.15) is 22.7 Å². The molecule has 0 aliphatic heterocycles. The highest BCUT2D eigenvalue weighted by molar-refractivity contribution is 7.16. The van der Waals surface area contributed by atoms with Gasteiger partial charge in [-0.25, -0.2) is 0 Å². The molecule has 1 aliphatic rings. The molecule has 4 nitrogen and oxygen atoms in total. The van der Waals surface area contributed by atoms with Gasteiger partial charge < -0.3 is 5.32 Å². The molecular formula is C20H17N3OS. The van der Waals surface area contributed by atoms with Crippen LogP contribution in [0.4, 0.5) is 5.00 Å². The normalized spacial score (nSPS) is 16.4. The molecule has 2 aromatic rings. The zero-order chi connectivity index (χ0) is 17.8. The molecule has 124 valence electrons. The van der Waals surface area contributed by atoms with Crippen LogP contribution < -0.4 is 5.32 Å². The summed E-state index contributed by atoms with van der Waals surface area (Å²) in [5.74, 6) is 0.114. The molecule has 1 aromatic heterocycles. The number of thiophene rings is 1. The van der Waals surface area contributed by atoms with Gasteiger partial charge in [-0.05, 0) is 42.4 Å². The fraction of sp³-hybridized carbons (Fsp3) is 0.250. The highest BCUT2D eigenvalue weighted by atomic mass is 32.1. The van der Waals surface area contributed by atoms with Gasteiger partial charge in [-0.15, -0.1) is 11.3 Å². The Morgan fingerprint density at radius 2 is 2.08 bits per heavy atom. The van der Waals surface area contributed by atoms with E-state index in [4.69, 9.17) is 0 Å². The first-order valence-corrected chi connectivity index (χ1v) is 8.97. The minimum absolute atomic E-state index is 0.0230. The zero-order valence-corrected chi connectivity index (χ0v) is 14.7. The average Bonchev–Trinajstić information content (AvgIpc) is 2.96. The summed E-state index contributed by atoms with van der Waals surface area (Å²) in [5, 5.41) is 22.1. The van der Waals surface area contributed by atoms with E-state index in [9.17, 15) is 15.3 Å². The van der Waals surface area contributed by atoms with Crippen molar-refractivity contribution in [1.29, 1.82) is 10.5 Å². The van der Waals surface area contributed by atoms with Crippen molar-refractivity contribution in [2.24, 2.45) is 5.92 Å². The van der Waals surface area contributed by atoms with E-state index in [2.05, 4.69) is 18.3 Å². The summed E-state index contributed by atoms with van der Waals surface area (Å²) in [6.07, 6.45) is 4.42. The van der Waals surface area contributed by atoms with Crippen LogP contribution in [0, 0.1) is 28.6 Å². The summed E-state index contributed by atoms with van der Waals surface area (Å²) in [6.45, 7) is 2.20. The molecule has 5 heteroatoms. The second kappa shape index (κ2) is 7.34. The van der Waals surface area contributed by atoms with E-state index in [1.54, 1.807) is 6.08 Å². The summed E-state index contributed by atoms with van der Waals surface area (Å²) < 4.78 is 0. The Labute approximate surface area is 151 Å². The number of carbonyl (C=O) groups is 1. The third kappa shape index (κ3) is 3.63. The van der Waals surface area contributed by atoms with Crippen LogP contribution in [-0.4, -0.2) is 5.91 Å². The highest BCUT2D eigenvalue weighted by Gasteiger charge is 2.25. The fourth-order valence-electron chi connectivity index (χ4n) is 2.99. The molecule has 1 unspecified atom stereocenters. The molecule has 0 spiro atoms. The van der Waals surface area contributed by atoms with Crippen molar-refractivity contribution in [1.82, 2.24) is 0 Å². The molecule has 0 saturated heterocycles. The lowest BCUT2D eigenvalue weighted by molar-refractivity contribution is -0.112. The molecule has 0 saturated carbocycles. The number of fused-ring (bicyclic) bond motifs is 1. The Hall–Kier alpha value is -2.89. The molecule has 3 rings (SSSR count). The van der Waals surface area contributed by atoms with Crippen molar-refractivity contribution in [3.8, 4) is 12.1 Å². The van der Waals surface area contributed by atoms with Crippen LogP contribution in [0.15, 0.2) is 35.9 Å². The molecule has 1 aromatic carbocycles. The predicted octanol–water partition coefficient (Wildman–Crippen LogP) is 4.29. The first kappa shape index (κ1) is 17.0. The molecular weight excluding hydrogens is 330 g/mol.